The average molecular weight is 460 g/mol. The lowest BCUT2D eigenvalue weighted by atomic mass is 9.78. The summed E-state index contributed by atoms with van der Waals surface area (Å²) in [5.41, 5.74) is -0.859. The molecule has 0 spiro atoms. The molecule has 0 radical (unpaired) electrons. The van der Waals surface area contributed by atoms with E-state index in [0.717, 1.165) is 30.0 Å². The van der Waals surface area contributed by atoms with Crippen LogP contribution in [-0.2, 0) is 5.41 Å². The van der Waals surface area contributed by atoms with Crippen LogP contribution < -0.4 is 9.64 Å². The van der Waals surface area contributed by atoms with Gasteiger partial charge in [-0.25, -0.2) is 8.78 Å². The predicted molar refractivity (Wildman–Crippen MR) is 101 cm³/mol. The molecule has 1 atom stereocenters. The Morgan fingerprint density at radius 1 is 1.31 bits per heavy atom. The summed E-state index contributed by atoms with van der Waals surface area (Å²) in [7, 11) is 0. The van der Waals surface area contributed by atoms with Gasteiger partial charge in [0.15, 0.2) is 18.2 Å². The second kappa shape index (κ2) is 7.66. The van der Waals surface area contributed by atoms with Crippen molar-refractivity contribution in [1.82, 2.24) is 15.1 Å². The van der Waals surface area contributed by atoms with Gasteiger partial charge >= 0.3 is 6.18 Å². The van der Waals surface area contributed by atoms with Crippen molar-refractivity contribution >= 4 is 11.5 Å². The highest BCUT2D eigenvalue weighted by Gasteiger charge is 2.48. The summed E-state index contributed by atoms with van der Waals surface area (Å²) in [6.45, 7) is 0.520. The summed E-state index contributed by atoms with van der Waals surface area (Å²) in [6, 6.07) is 1.08. The lowest BCUT2D eigenvalue weighted by Crippen LogP contribution is -2.56. The van der Waals surface area contributed by atoms with Gasteiger partial charge in [0.1, 0.15) is 11.4 Å². The van der Waals surface area contributed by atoms with Crippen molar-refractivity contribution < 1.29 is 36.0 Å². The average Bonchev–Trinajstić information content (AvgIpc) is 3.45. The zero-order chi connectivity index (χ0) is 23.3. The van der Waals surface area contributed by atoms with E-state index >= 15 is 0 Å². The molecule has 0 bridgehead atoms. The maximum Gasteiger partial charge on any atom is 0.422 e. The summed E-state index contributed by atoms with van der Waals surface area (Å²) in [4.78, 5) is 22.5. The molecule has 1 aliphatic heterocycles. The number of aryl methyl sites for hydroxylation is 1. The number of hydrogen-bond acceptors (Lipinski definition) is 7. The molecular weight excluding hydrogens is 439 g/mol. The fourth-order valence-corrected chi connectivity index (χ4v) is 3.86. The van der Waals surface area contributed by atoms with Crippen LogP contribution in [0.2, 0.25) is 0 Å². The van der Waals surface area contributed by atoms with E-state index in [9.17, 15) is 26.7 Å². The SMILES string of the molecule is Cc1nc([C@](C)(CC(=O)c2cc(OCC(F)(F)F)c(N3CC(F)(F)C3)cn2)C2CC2)no1. The normalized spacial score (nSPS) is 19.9. The Kier molecular flexibility index (Phi) is 5.36. The van der Waals surface area contributed by atoms with Gasteiger partial charge in [-0.05, 0) is 18.8 Å². The van der Waals surface area contributed by atoms with Crippen LogP contribution in [0.4, 0.5) is 27.6 Å². The fourth-order valence-electron chi connectivity index (χ4n) is 3.86. The molecule has 3 heterocycles. The number of halogens is 5. The van der Waals surface area contributed by atoms with Gasteiger partial charge in [0.05, 0.1) is 25.0 Å². The van der Waals surface area contributed by atoms with Gasteiger partial charge in [-0.3, -0.25) is 9.78 Å². The van der Waals surface area contributed by atoms with E-state index in [-0.39, 0.29) is 29.5 Å². The number of carbonyl (C=O) groups is 1. The van der Waals surface area contributed by atoms with E-state index in [4.69, 9.17) is 9.26 Å². The van der Waals surface area contributed by atoms with Gasteiger partial charge in [0, 0.05) is 24.8 Å². The number of aromatic nitrogens is 3. The van der Waals surface area contributed by atoms with E-state index in [1.807, 2.05) is 6.92 Å². The number of nitrogens with zero attached hydrogens (tertiary/aromatic N) is 4. The standard InChI is InChI=1S/C20H21F5N4O3/c1-11-27-17(28-32-11)18(2,12-3-4-12)6-15(30)13-5-16(31-10-20(23,24)25)14(7-26-13)29-8-19(21,22)9-29/h5,7,12H,3-4,6,8-10H2,1-2H3/t18-/m1/s1. The predicted octanol–water partition coefficient (Wildman–Crippen LogP) is 4.11. The van der Waals surface area contributed by atoms with Gasteiger partial charge in [-0.1, -0.05) is 12.1 Å². The van der Waals surface area contributed by atoms with Gasteiger partial charge in [0.2, 0.25) is 5.89 Å². The summed E-state index contributed by atoms with van der Waals surface area (Å²) < 4.78 is 74.5. The Morgan fingerprint density at radius 3 is 2.53 bits per heavy atom. The molecule has 0 unspecified atom stereocenters. The van der Waals surface area contributed by atoms with Crippen LogP contribution >= 0.6 is 0 Å². The van der Waals surface area contributed by atoms with Crippen LogP contribution in [0.1, 0.15) is 48.4 Å². The number of pyridine rings is 1. The summed E-state index contributed by atoms with van der Waals surface area (Å²) >= 11 is 0. The first-order valence-corrected chi connectivity index (χ1v) is 10.0. The highest BCUT2D eigenvalue weighted by atomic mass is 19.4. The molecule has 0 aromatic carbocycles. The fraction of sp³-hybridized carbons (Fsp3) is 0.600. The van der Waals surface area contributed by atoms with Crippen molar-refractivity contribution in [3.63, 3.8) is 0 Å². The molecule has 2 aromatic rings. The van der Waals surface area contributed by atoms with Gasteiger partial charge in [-0.15, -0.1) is 0 Å². The molecular formula is C20H21F5N4O3. The molecule has 7 nitrogen and oxygen atoms in total. The molecule has 1 saturated carbocycles. The van der Waals surface area contributed by atoms with Crippen LogP contribution in [0.5, 0.6) is 5.75 Å². The van der Waals surface area contributed by atoms with Crippen LogP contribution in [0.15, 0.2) is 16.8 Å². The van der Waals surface area contributed by atoms with Gasteiger partial charge in [0.25, 0.3) is 5.92 Å². The molecule has 2 aliphatic rings. The lowest BCUT2D eigenvalue weighted by Gasteiger charge is -2.40. The van der Waals surface area contributed by atoms with Crippen molar-refractivity contribution in [1.29, 1.82) is 0 Å². The van der Waals surface area contributed by atoms with E-state index in [0.29, 0.717) is 11.7 Å². The maximum absolute atomic E-state index is 13.3. The molecule has 1 saturated heterocycles. The first-order chi connectivity index (χ1) is 14.9. The lowest BCUT2D eigenvalue weighted by molar-refractivity contribution is -0.153. The van der Waals surface area contributed by atoms with Crippen molar-refractivity contribution in [3.8, 4) is 5.75 Å². The van der Waals surface area contributed by atoms with E-state index in [1.165, 1.54) is 0 Å². The van der Waals surface area contributed by atoms with Gasteiger partial charge in [-0.2, -0.15) is 18.2 Å². The molecule has 2 fully saturated rings. The number of rotatable bonds is 8. The smallest absolute Gasteiger partial charge is 0.422 e. The molecule has 2 aromatic heterocycles. The summed E-state index contributed by atoms with van der Waals surface area (Å²) in [5, 5.41) is 3.95. The maximum atomic E-state index is 13.3. The number of Topliss-reactive ketones (excluding diaryl/α,β-unsaturated/α-hetero) is 1. The Hall–Kier alpha value is -2.79. The van der Waals surface area contributed by atoms with Crippen LogP contribution in [-0.4, -0.2) is 52.7 Å². The zero-order valence-corrected chi connectivity index (χ0v) is 17.4. The third-order valence-corrected chi connectivity index (χ3v) is 5.75. The minimum absolute atomic E-state index is 0.0181. The second-order valence-corrected chi connectivity index (χ2v) is 8.58. The van der Waals surface area contributed by atoms with E-state index < -0.39 is 43.0 Å². The van der Waals surface area contributed by atoms with Crippen LogP contribution in [0.25, 0.3) is 0 Å². The monoisotopic (exact) mass is 460 g/mol. The van der Waals surface area contributed by atoms with Crippen molar-refractivity contribution in [2.75, 3.05) is 24.6 Å². The number of ether oxygens (including phenoxy) is 1. The highest BCUT2D eigenvalue weighted by molar-refractivity contribution is 5.96. The first kappa shape index (κ1) is 22.4. The minimum Gasteiger partial charge on any atom is -0.482 e. The van der Waals surface area contributed by atoms with E-state index in [1.54, 1.807) is 6.92 Å². The van der Waals surface area contributed by atoms with Crippen LogP contribution in [0.3, 0.4) is 0 Å². The third kappa shape index (κ3) is 4.68. The first-order valence-electron chi connectivity index (χ1n) is 10.0. The minimum atomic E-state index is -4.63. The Labute approximate surface area is 179 Å². The largest absolute Gasteiger partial charge is 0.482 e. The molecule has 1 aliphatic carbocycles. The molecule has 174 valence electrons. The van der Waals surface area contributed by atoms with Gasteiger partial charge < -0.3 is 14.2 Å². The third-order valence-electron chi connectivity index (χ3n) is 5.75. The number of hydrogen-bond donors (Lipinski definition) is 0. The molecule has 4 rings (SSSR count). The van der Waals surface area contributed by atoms with Crippen LogP contribution in [0, 0.1) is 12.8 Å². The van der Waals surface area contributed by atoms with Crippen molar-refractivity contribution in [2.45, 2.75) is 50.6 Å². The Morgan fingerprint density at radius 2 is 2.00 bits per heavy atom. The number of anilines is 1. The van der Waals surface area contributed by atoms with Crippen molar-refractivity contribution in [2.24, 2.45) is 5.92 Å². The quantitative estimate of drug-likeness (QED) is 0.433. The summed E-state index contributed by atoms with van der Waals surface area (Å²) in [5.74, 6) is -2.80. The number of carbonyl (C=O) groups excluding carboxylic acids is 1. The zero-order valence-electron chi connectivity index (χ0n) is 17.4. The Bertz CT molecular complexity index is 1010. The van der Waals surface area contributed by atoms with Crippen molar-refractivity contribution in [3.05, 3.63) is 29.7 Å². The molecule has 12 heteroatoms. The topological polar surface area (TPSA) is 81.4 Å². The molecule has 0 amide bonds. The van der Waals surface area contributed by atoms with E-state index in [2.05, 4.69) is 15.1 Å². The number of alkyl halides is 5. The molecule has 32 heavy (non-hydrogen) atoms. The highest BCUT2D eigenvalue weighted by Crippen LogP contribution is 2.49. The second-order valence-electron chi connectivity index (χ2n) is 8.58. The summed E-state index contributed by atoms with van der Waals surface area (Å²) in [6.07, 6.45) is -1.81. The molecule has 0 N–H and O–H groups in total. The number of ketones is 1. The Balaban J connectivity index is 1.58.